The van der Waals surface area contributed by atoms with E-state index in [9.17, 15) is 4.79 Å². The molecular formula is C23H23N5OS. The number of ketones is 1. The molecule has 1 unspecified atom stereocenters. The fourth-order valence-electron chi connectivity index (χ4n) is 4.15. The summed E-state index contributed by atoms with van der Waals surface area (Å²) >= 11 is 1.70. The van der Waals surface area contributed by atoms with Gasteiger partial charge in [0.05, 0.1) is 28.9 Å². The van der Waals surface area contributed by atoms with Crippen LogP contribution in [0.4, 0.5) is 5.82 Å². The van der Waals surface area contributed by atoms with Crippen LogP contribution < -0.4 is 5.32 Å². The molecule has 1 atom stereocenters. The Balaban J connectivity index is 1.46. The van der Waals surface area contributed by atoms with Gasteiger partial charge in [-0.2, -0.15) is 5.10 Å². The summed E-state index contributed by atoms with van der Waals surface area (Å²) in [5, 5.41) is 10.2. The third-order valence-corrected chi connectivity index (χ3v) is 6.65. The molecule has 152 valence electrons. The maximum absolute atomic E-state index is 13.2. The highest BCUT2D eigenvalue weighted by Crippen LogP contribution is 2.41. The van der Waals surface area contributed by atoms with Gasteiger partial charge in [0.15, 0.2) is 5.78 Å². The average molecular weight is 418 g/mol. The van der Waals surface area contributed by atoms with E-state index in [0.29, 0.717) is 12.0 Å². The maximum Gasteiger partial charge on any atom is 0.172 e. The number of anilines is 1. The number of Topliss-reactive ketones (excluding diaryl/α,β-unsaturated/α-hetero) is 1. The standard InChI is InChI=1S/C23H23N5OS/c1-14-12-25-22(30-14)19-11-23(2,3)28-21(27-19)17(13-26-28)20(29)10-15-6-7-18-16(9-15)5-4-8-24-18/h4-9,12-13,19,27H,10-11H2,1-3H3. The molecule has 6 nitrogen and oxygen atoms in total. The van der Waals surface area contributed by atoms with E-state index in [1.54, 1.807) is 23.7 Å². The van der Waals surface area contributed by atoms with Crippen LogP contribution >= 0.6 is 11.3 Å². The Bertz CT molecular complexity index is 1260. The zero-order valence-electron chi connectivity index (χ0n) is 17.2. The lowest BCUT2D eigenvalue weighted by molar-refractivity contribution is 0.0993. The van der Waals surface area contributed by atoms with Crippen LogP contribution in [-0.2, 0) is 12.0 Å². The van der Waals surface area contributed by atoms with Crippen molar-refractivity contribution >= 4 is 33.8 Å². The van der Waals surface area contributed by atoms with Crippen molar-refractivity contribution in [2.24, 2.45) is 0 Å². The highest BCUT2D eigenvalue weighted by molar-refractivity contribution is 7.11. The minimum atomic E-state index is -0.210. The van der Waals surface area contributed by atoms with Crippen molar-refractivity contribution in [1.29, 1.82) is 0 Å². The lowest BCUT2D eigenvalue weighted by atomic mass is 9.92. The van der Waals surface area contributed by atoms with Gasteiger partial charge in [-0.05, 0) is 51.0 Å². The number of thiazole rings is 1. The fourth-order valence-corrected chi connectivity index (χ4v) is 4.98. The molecule has 3 aromatic heterocycles. The molecule has 0 aliphatic carbocycles. The van der Waals surface area contributed by atoms with Crippen LogP contribution in [0, 0.1) is 6.92 Å². The summed E-state index contributed by atoms with van der Waals surface area (Å²) in [4.78, 5) is 23.3. The SMILES string of the molecule is Cc1cnc(C2CC(C)(C)n3ncc(C(=O)Cc4ccc5ncccc5c4)c3N2)s1. The minimum absolute atomic E-state index is 0.0544. The molecule has 1 aromatic carbocycles. The highest BCUT2D eigenvalue weighted by Gasteiger charge is 2.37. The Hall–Kier alpha value is -3.06. The second-order valence-corrected chi connectivity index (χ2v) is 9.74. The predicted octanol–water partition coefficient (Wildman–Crippen LogP) is 4.91. The first-order chi connectivity index (χ1) is 14.4. The molecule has 1 aliphatic rings. The summed E-state index contributed by atoms with van der Waals surface area (Å²) in [5.41, 5.74) is 2.33. The second-order valence-electron chi connectivity index (χ2n) is 8.47. The zero-order valence-corrected chi connectivity index (χ0v) is 18.0. The van der Waals surface area contributed by atoms with Gasteiger partial charge in [-0.3, -0.25) is 9.78 Å². The monoisotopic (exact) mass is 417 g/mol. The number of rotatable bonds is 4. The van der Waals surface area contributed by atoms with E-state index in [2.05, 4.69) is 41.2 Å². The first-order valence-electron chi connectivity index (χ1n) is 10.0. The molecule has 1 aliphatic heterocycles. The lowest BCUT2D eigenvalue weighted by Crippen LogP contribution is -2.38. The third kappa shape index (κ3) is 3.29. The summed E-state index contributed by atoms with van der Waals surface area (Å²) in [7, 11) is 0. The van der Waals surface area contributed by atoms with Crippen molar-refractivity contribution in [1.82, 2.24) is 19.7 Å². The van der Waals surface area contributed by atoms with Gasteiger partial charge >= 0.3 is 0 Å². The number of hydrogen-bond donors (Lipinski definition) is 1. The number of aryl methyl sites for hydroxylation is 1. The Kier molecular flexibility index (Phi) is 4.43. The van der Waals surface area contributed by atoms with Gasteiger partial charge in [0.1, 0.15) is 10.8 Å². The lowest BCUT2D eigenvalue weighted by Gasteiger charge is -2.37. The molecular weight excluding hydrogens is 394 g/mol. The first kappa shape index (κ1) is 18.9. The first-order valence-corrected chi connectivity index (χ1v) is 10.9. The molecule has 0 saturated heterocycles. The maximum atomic E-state index is 13.2. The molecule has 1 N–H and O–H groups in total. The van der Waals surface area contributed by atoms with Crippen molar-refractivity contribution in [3.8, 4) is 0 Å². The van der Waals surface area contributed by atoms with Gasteiger partial charge in [-0.25, -0.2) is 9.67 Å². The van der Waals surface area contributed by atoms with E-state index in [1.165, 1.54) is 4.88 Å². The molecule has 7 heteroatoms. The van der Waals surface area contributed by atoms with Crippen molar-refractivity contribution in [3.05, 3.63) is 69.9 Å². The summed E-state index contributed by atoms with van der Waals surface area (Å²) in [6, 6.07) is 9.97. The average Bonchev–Trinajstić information content (AvgIpc) is 3.34. The van der Waals surface area contributed by atoms with Gasteiger partial charge in [-0.1, -0.05) is 12.1 Å². The molecule has 0 bridgehead atoms. The Morgan fingerprint density at radius 2 is 2.13 bits per heavy atom. The van der Waals surface area contributed by atoms with Crippen molar-refractivity contribution in [3.63, 3.8) is 0 Å². The molecule has 0 spiro atoms. The van der Waals surface area contributed by atoms with Gasteiger partial charge in [-0.15, -0.1) is 11.3 Å². The predicted molar refractivity (Wildman–Crippen MR) is 119 cm³/mol. The number of nitrogens with zero attached hydrogens (tertiary/aromatic N) is 4. The smallest absolute Gasteiger partial charge is 0.172 e. The van der Waals surface area contributed by atoms with E-state index in [4.69, 9.17) is 0 Å². The van der Waals surface area contributed by atoms with Crippen LogP contribution in [0.2, 0.25) is 0 Å². The van der Waals surface area contributed by atoms with E-state index in [1.807, 2.05) is 41.2 Å². The summed E-state index contributed by atoms with van der Waals surface area (Å²) in [5.74, 6) is 0.843. The van der Waals surface area contributed by atoms with E-state index in [0.717, 1.165) is 33.7 Å². The van der Waals surface area contributed by atoms with Crippen LogP contribution in [0.1, 0.15) is 52.1 Å². The minimum Gasteiger partial charge on any atom is -0.360 e. The Morgan fingerprint density at radius 3 is 2.93 bits per heavy atom. The molecule has 5 rings (SSSR count). The Labute approximate surface area is 179 Å². The van der Waals surface area contributed by atoms with Crippen molar-refractivity contribution in [2.75, 3.05) is 5.32 Å². The van der Waals surface area contributed by atoms with Crippen LogP contribution in [0.5, 0.6) is 0 Å². The molecule has 4 heterocycles. The number of carbonyl (C=O) groups is 1. The molecule has 0 saturated carbocycles. The van der Waals surface area contributed by atoms with Crippen molar-refractivity contribution in [2.45, 2.75) is 45.2 Å². The summed E-state index contributed by atoms with van der Waals surface area (Å²) in [6.45, 7) is 6.37. The number of benzene rings is 1. The second kappa shape index (κ2) is 7.02. The number of pyridine rings is 1. The van der Waals surface area contributed by atoms with Gasteiger partial charge in [0, 0.05) is 29.1 Å². The quantitative estimate of drug-likeness (QED) is 0.478. The molecule has 4 aromatic rings. The number of hydrogen-bond acceptors (Lipinski definition) is 6. The van der Waals surface area contributed by atoms with Gasteiger partial charge in [0.2, 0.25) is 0 Å². The summed E-state index contributed by atoms with van der Waals surface area (Å²) in [6.07, 6.45) is 6.57. The van der Waals surface area contributed by atoms with E-state index >= 15 is 0 Å². The topological polar surface area (TPSA) is 72.7 Å². The zero-order chi connectivity index (χ0) is 20.9. The third-order valence-electron chi connectivity index (χ3n) is 5.63. The highest BCUT2D eigenvalue weighted by atomic mass is 32.1. The van der Waals surface area contributed by atoms with Crippen molar-refractivity contribution < 1.29 is 4.79 Å². The molecule has 0 fully saturated rings. The van der Waals surface area contributed by atoms with E-state index < -0.39 is 0 Å². The summed E-state index contributed by atoms with van der Waals surface area (Å²) < 4.78 is 1.95. The number of aromatic nitrogens is 4. The fraction of sp³-hybridized carbons (Fsp3) is 0.304. The van der Waals surface area contributed by atoms with Gasteiger partial charge in [0.25, 0.3) is 0 Å². The number of carbonyl (C=O) groups excluding carboxylic acids is 1. The largest absolute Gasteiger partial charge is 0.360 e. The molecule has 30 heavy (non-hydrogen) atoms. The van der Waals surface area contributed by atoms with Gasteiger partial charge < -0.3 is 5.32 Å². The van der Waals surface area contributed by atoms with E-state index in [-0.39, 0.29) is 17.4 Å². The Morgan fingerprint density at radius 1 is 1.27 bits per heavy atom. The van der Waals surface area contributed by atoms with Crippen LogP contribution in [0.15, 0.2) is 48.9 Å². The molecule has 0 radical (unpaired) electrons. The van der Waals surface area contributed by atoms with Crippen LogP contribution in [0.3, 0.4) is 0 Å². The van der Waals surface area contributed by atoms with Crippen LogP contribution in [0.25, 0.3) is 10.9 Å². The van der Waals surface area contributed by atoms with Crippen LogP contribution in [-0.4, -0.2) is 25.5 Å². The number of nitrogens with one attached hydrogen (secondary N) is 1. The normalized spacial score (nSPS) is 17.5. The molecule has 0 amide bonds. The number of fused-ring (bicyclic) bond motifs is 2.